The van der Waals surface area contributed by atoms with Crippen molar-refractivity contribution in [2.45, 2.75) is 4.90 Å². The average Bonchev–Trinajstić information content (AvgIpc) is 3.12. The summed E-state index contributed by atoms with van der Waals surface area (Å²) in [6, 6.07) is 62.5. The Balaban J connectivity index is 1.25. The van der Waals surface area contributed by atoms with Crippen LogP contribution in [-0.2, 0) is 0 Å². The summed E-state index contributed by atoms with van der Waals surface area (Å²) < 4.78 is 0. The Bertz CT molecular complexity index is 2280. The van der Waals surface area contributed by atoms with Crippen LogP contribution >= 0.6 is 12.6 Å². The van der Waals surface area contributed by atoms with Crippen LogP contribution in [-0.4, -0.2) is 0 Å². The molecule has 0 amide bonds. The highest BCUT2D eigenvalue weighted by molar-refractivity contribution is 7.80. The van der Waals surface area contributed by atoms with E-state index in [2.05, 4.69) is 175 Å². The minimum Gasteiger partial charge on any atom is -0.355 e. The molecule has 0 heterocycles. The average molecular weight is 606 g/mol. The lowest BCUT2D eigenvalue weighted by atomic mass is 9.86. The van der Waals surface area contributed by atoms with E-state index in [0.29, 0.717) is 0 Å². The summed E-state index contributed by atoms with van der Waals surface area (Å²) in [7, 11) is 0. The fourth-order valence-corrected chi connectivity index (χ4v) is 7.10. The molecular formula is C44H31NS. The van der Waals surface area contributed by atoms with Gasteiger partial charge in [0.05, 0.1) is 0 Å². The fraction of sp³-hybridized carbons (Fsp3) is 0. The molecule has 8 aromatic rings. The van der Waals surface area contributed by atoms with Crippen LogP contribution in [0, 0.1) is 0 Å². The van der Waals surface area contributed by atoms with Crippen LogP contribution < -0.4 is 5.32 Å². The quantitative estimate of drug-likeness (QED) is 0.142. The molecule has 218 valence electrons. The van der Waals surface area contributed by atoms with Crippen molar-refractivity contribution in [3.05, 3.63) is 176 Å². The van der Waals surface area contributed by atoms with Gasteiger partial charge in [0, 0.05) is 21.8 Å². The van der Waals surface area contributed by atoms with E-state index in [0.717, 1.165) is 38.5 Å². The molecule has 0 aliphatic rings. The predicted molar refractivity (Wildman–Crippen MR) is 200 cm³/mol. The van der Waals surface area contributed by atoms with Crippen LogP contribution in [0.2, 0.25) is 0 Å². The molecule has 0 fully saturated rings. The Morgan fingerprint density at radius 2 is 0.804 bits per heavy atom. The largest absolute Gasteiger partial charge is 0.355 e. The molecule has 0 aromatic heterocycles. The zero-order valence-corrected chi connectivity index (χ0v) is 26.1. The van der Waals surface area contributed by atoms with E-state index < -0.39 is 0 Å². The van der Waals surface area contributed by atoms with Crippen LogP contribution in [0.1, 0.15) is 0 Å². The third kappa shape index (κ3) is 5.03. The second-order valence-electron chi connectivity index (χ2n) is 11.5. The highest BCUT2D eigenvalue weighted by Crippen LogP contribution is 2.44. The molecule has 0 bridgehead atoms. The molecule has 0 aliphatic carbocycles. The summed E-state index contributed by atoms with van der Waals surface area (Å²) in [5.41, 5.74) is 11.5. The summed E-state index contributed by atoms with van der Waals surface area (Å²) in [4.78, 5) is 0.966. The Hall–Kier alpha value is -5.57. The maximum Gasteiger partial charge on any atom is 0.0464 e. The topological polar surface area (TPSA) is 12.0 Å². The van der Waals surface area contributed by atoms with E-state index in [1.165, 1.54) is 43.8 Å². The van der Waals surface area contributed by atoms with Crippen molar-refractivity contribution in [2.75, 3.05) is 5.32 Å². The van der Waals surface area contributed by atoms with E-state index in [-0.39, 0.29) is 0 Å². The summed E-state index contributed by atoms with van der Waals surface area (Å²) >= 11 is 5.05. The van der Waals surface area contributed by atoms with Crippen LogP contribution in [0.5, 0.6) is 0 Å². The van der Waals surface area contributed by atoms with Gasteiger partial charge in [-0.15, -0.1) is 12.6 Å². The van der Waals surface area contributed by atoms with Gasteiger partial charge in [0.25, 0.3) is 0 Å². The Kier molecular flexibility index (Phi) is 7.34. The molecule has 0 radical (unpaired) electrons. The van der Waals surface area contributed by atoms with Crippen molar-refractivity contribution in [3.8, 4) is 44.5 Å². The first-order valence-corrected chi connectivity index (χ1v) is 16.0. The van der Waals surface area contributed by atoms with Gasteiger partial charge in [-0.2, -0.15) is 0 Å². The van der Waals surface area contributed by atoms with Gasteiger partial charge < -0.3 is 5.32 Å². The molecule has 0 unspecified atom stereocenters. The Morgan fingerprint density at radius 3 is 1.46 bits per heavy atom. The van der Waals surface area contributed by atoms with Crippen molar-refractivity contribution in [2.24, 2.45) is 0 Å². The minimum absolute atomic E-state index is 0.966. The minimum atomic E-state index is 0.966. The second kappa shape index (κ2) is 12.1. The molecule has 0 saturated carbocycles. The van der Waals surface area contributed by atoms with Gasteiger partial charge in [-0.05, 0) is 78.7 Å². The fourth-order valence-electron chi connectivity index (χ4n) is 6.70. The first-order valence-electron chi connectivity index (χ1n) is 15.6. The molecule has 0 atom stereocenters. The molecule has 8 rings (SSSR count). The first-order chi connectivity index (χ1) is 22.8. The zero-order valence-electron chi connectivity index (χ0n) is 25.2. The van der Waals surface area contributed by atoms with Gasteiger partial charge in [-0.25, -0.2) is 0 Å². The number of para-hydroxylation sites is 1. The maximum absolute atomic E-state index is 5.05. The lowest BCUT2D eigenvalue weighted by Crippen LogP contribution is -1.95. The second-order valence-corrected chi connectivity index (χ2v) is 12.0. The van der Waals surface area contributed by atoms with Gasteiger partial charge in [0.15, 0.2) is 0 Å². The van der Waals surface area contributed by atoms with Crippen molar-refractivity contribution >= 4 is 45.5 Å². The van der Waals surface area contributed by atoms with Crippen molar-refractivity contribution < 1.29 is 0 Å². The van der Waals surface area contributed by atoms with E-state index in [1.54, 1.807) is 0 Å². The standard InChI is InChI=1S/C44H31NS/c46-44-34(30-15-3-1-4-16-30)26-14-27-40(44)35-21-11-12-28-41(35)45-33-20-13-19-32(29-33)43-38-24-9-7-22-36(38)42(31-17-5-2-6-18-31)37-23-8-10-25-39(37)43/h1-29,45-46H. The summed E-state index contributed by atoms with van der Waals surface area (Å²) in [6.45, 7) is 0. The number of anilines is 2. The van der Waals surface area contributed by atoms with Crippen LogP contribution in [0.3, 0.4) is 0 Å². The van der Waals surface area contributed by atoms with E-state index >= 15 is 0 Å². The van der Waals surface area contributed by atoms with Crippen molar-refractivity contribution in [1.82, 2.24) is 0 Å². The number of nitrogens with one attached hydrogen (secondary N) is 1. The molecule has 0 aliphatic heterocycles. The number of rotatable bonds is 6. The normalized spacial score (nSPS) is 11.2. The lowest BCUT2D eigenvalue weighted by molar-refractivity contribution is 1.43. The monoisotopic (exact) mass is 605 g/mol. The van der Waals surface area contributed by atoms with Crippen molar-refractivity contribution in [1.29, 1.82) is 0 Å². The summed E-state index contributed by atoms with van der Waals surface area (Å²) in [5, 5.41) is 8.77. The Labute approximate surface area is 275 Å². The van der Waals surface area contributed by atoms with E-state index in [1.807, 2.05) is 6.07 Å². The predicted octanol–water partition coefficient (Wildman–Crippen LogP) is 12.7. The van der Waals surface area contributed by atoms with E-state index in [9.17, 15) is 0 Å². The third-order valence-corrected chi connectivity index (χ3v) is 9.24. The van der Waals surface area contributed by atoms with Crippen LogP contribution in [0.4, 0.5) is 11.4 Å². The van der Waals surface area contributed by atoms with Gasteiger partial charge in [0.2, 0.25) is 0 Å². The summed E-state index contributed by atoms with van der Waals surface area (Å²) in [5.74, 6) is 0. The molecule has 2 heteroatoms. The van der Waals surface area contributed by atoms with Crippen LogP contribution in [0.15, 0.2) is 181 Å². The molecule has 0 spiro atoms. The highest BCUT2D eigenvalue weighted by atomic mass is 32.1. The number of hydrogen-bond donors (Lipinski definition) is 2. The van der Waals surface area contributed by atoms with Gasteiger partial charge in [0.1, 0.15) is 0 Å². The highest BCUT2D eigenvalue weighted by Gasteiger charge is 2.17. The number of hydrogen-bond acceptors (Lipinski definition) is 2. The van der Waals surface area contributed by atoms with Gasteiger partial charge in [-0.1, -0.05) is 158 Å². The number of fused-ring (bicyclic) bond motifs is 2. The maximum atomic E-state index is 5.05. The number of benzene rings is 8. The number of thiol groups is 1. The molecular weight excluding hydrogens is 575 g/mol. The van der Waals surface area contributed by atoms with Crippen LogP contribution in [0.25, 0.3) is 66.1 Å². The van der Waals surface area contributed by atoms with E-state index in [4.69, 9.17) is 12.6 Å². The molecule has 46 heavy (non-hydrogen) atoms. The SMILES string of the molecule is Sc1c(-c2ccccc2)cccc1-c1ccccc1Nc1cccc(-c2c3ccccc3c(-c3ccccc3)c3ccccc23)c1. The first kappa shape index (κ1) is 27.9. The van der Waals surface area contributed by atoms with Gasteiger partial charge >= 0.3 is 0 Å². The third-order valence-electron chi connectivity index (χ3n) is 8.76. The molecule has 0 saturated heterocycles. The lowest BCUT2D eigenvalue weighted by Gasteiger charge is -2.19. The smallest absolute Gasteiger partial charge is 0.0464 e. The molecule has 1 nitrogen and oxygen atoms in total. The summed E-state index contributed by atoms with van der Waals surface area (Å²) in [6.07, 6.45) is 0. The van der Waals surface area contributed by atoms with Gasteiger partial charge in [-0.3, -0.25) is 0 Å². The Morgan fingerprint density at radius 1 is 0.348 bits per heavy atom. The molecule has 8 aromatic carbocycles. The molecule has 1 N–H and O–H groups in total. The zero-order chi connectivity index (χ0) is 30.9. The van der Waals surface area contributed by atoms with Crippen molar-refractivity contribution in [3.63, 3.8) is 0 Å².